The van der Waals surface area contributed by atoms with Crippen LogP contribution in [0.25, 0.3) is 10.8 Å². The molecular weight excluding hydrogens is 474 g/mol. The van der Waals surface area contributed by atoms with E-state index in [9.17, 15) is 13.2 Å². The Bertz CT molecular complexity index is 1360. The van der Waals surface area contributed by atoms with Gasteiger partial charge in [0.15, 0.2) is 0 Å². The molecule has 0 aliphatic rings. The number of nitrogens with one attached hydrogen (secondary N) is 2. The van der Waals surface area contributed by atoms with Gasteiger partial charge in [0.1, 0.15) is 12.0 Å². The molecule has 34 heavy (non-hydrogen) atoms. The number of amides is 1. The van der Waals surface area contributed by atoms with Crippen LogP contribution in [0.15, 0.2) is 76.7 Å². The van der Waals surface area contributed by atoms with Crippen LogP contribution >= 0.6 is 11.3 Å². The summed E-state index contributed by atoms with van der Waals surface area (Å²) >= 11 is 1.51. The Kier molecular flexibility index (Phi) is 7.11. The van der Waals surface area contributed by atoms with Crippen molar-refractivity contribution >= 4 is 33.2 Å². The maximum absolute atomic E-state index is 12.9. The van der Waals surface area contributed by atoms with Crippen molar-refractivity contribution in [2.45, 2.75) is 25.8 Å². The lowest BCUT2D eigenvalue weighted by atomic mass is 10.0. The first kappa shape index (κ1) is 23.7. The van der Waals surface area contributed by atoms with Gasteiger partial charge >= 0.3 is 10.3 Å². The van der Waals surface area contributed by atoms with Gasteiger partial charge in [0, 0.05) is 0 Å². The van der Waals surface area contributed by atoms with Gasteiger partial charge in [0.05, 0.1) is 23.0 Å². The molecule has 176 valence electrons. The summed E-state index contributed by atoms with van der Waals surface area (Å²) < 4.78 is 38.7. The van der Waals surface area contributed by atoms with Crippen LogP contribution < -0.4 is 10.0 Å². The molecule has 0 aliphatic heterocycles. The molecule has 2 aromatic carbocycles. The van der Waals surface area contributed by atoms with Crippen molar-refractivity contribution in [3.63, 3.8) is 0 Å². The van der Waals surface area contributed by atoms with Gasteiger partial charge in [0.25, 0.3) is 0 Å². The first-order chi connectivity index (χ1) is 16.2. The van der Waals surface area contributed by atoms with Crippen LogP contribution in [0.2, 0.25) is 0 Å². The number of rotatable bonds is 9. The predicted octanol–water partition coefficient (Wildman–Crippen LogP) is 4.57. The zero-order chi connectivity index (χ0) is 24.1. The third kappa shape index (κ3) is 6.53. The zero-order valence-electron chi connectivity index (χ0n) is 18.3. The second-order valence-corrected chi connectivity index (χ2v) is 9.92. The molecular formula is C24H23N3O5S2. The van der Waals surface area contributed by atoms with Gasteiger partial charge in [-0.15, -0.1) is 11.3 Å². The zero-order valence-corrected chi connectivity index (χ0v) is 19.9. The molecule has 8 nitrogen and oxygen atoms in total. The van der Waals surface area contributed by atoms with Gasteiger partial charge < -0.3 is 9.73 Å². The van der Waals surface area contributed by atoms with E-state index in [4.69, 9.17) is 8.97 Å². The summed E-state index contributed by atoms with van der Waals surface area (Å²) in [5, 5.41) is 4.98. The van der Waals surface area contributed by atoms with E-state index in [2.05, 4.69) is 10.3 Å². The second-order valence-electron chi connectivity index (χ2n) is 7.82. The Morgan fingerprint density at radius 3 is 2.59 bits per heavy atom. The van der Waals surface area contributed by atoms with E-state index in [1.807, 2.05) is 53.4 Å². The van der Waals surface area contributed by atoms with Gasteiger partial charge in [-0.3, -0.25) is 14.1 Å². The first-order valence-corrected chi connectivity index (χ1v) is 12.8. The van der Waals surface area contributed by atoms with Gasteiger partial charge in [-0.05, 0) is 48.1 Å². The number of benzene rings is 2. The molecule has 4 aromatic rings. The summed E-state index contributed by atoms with van der Waals surface area (Å²) in [7, 11) is -4.35. The number of thiophene rings is 1. The fourth-order valence-corrected chi connectivity index (χ4v) is 4.62. The van der Waals surface area contributed by atoms with Crippen molar-refractivity contribution in [3.8, 4) is 10.8 Å². The molecule has 2 heterocycles. The Balaban J connectivity index is 1.54. The highest BCUT2D eigenvalue weighted by Crippen LogP contribution is 2.27. The van der Waals surface area contributed by atoms with Crippen molar-refractivity contribution < 1.29 is 22.2 Å². The highest BCUT2D eigenvalue weighted by atomic mass is 32.2. The number of carbonyl (C=O) groups excluding carboxylic acids is 1. The van der Waals surface area contributed by atoms with E-state index in [0.29, 0.717) is 18.0 Å². The first-order valence-electron chi connectivity index (χ1n) is 10.4. The number of hydrogen-bond acceptors (Lipinski definition) is 6. The van der Waals surface area contributed by atoms with E-state index in [1.165, 1.54) is 23.5 Å². The molecule has 1 atom stereocenters. The highest BCUT2D eigenvalue weighted by Gasteiger charge is 2.21. The van der Waals surface area contributed by atoms with Crippen molar-refractivity contribution in [1.82, 2.24) is 10.3 Å². The molecule has 1 amide bonds. The predicted molar refractivity (Wildman–Crippen MR) is 131 cm³/mol. The molecule has 10 heteroatoms. The van der Waals surface area contributed by atoms with Crippen molar-refractivity contribution in [2.24, 2.45) is 0 Å². The standard InChI is InChI=1S/C24H23N3O5S2/c1-16-4-2-5-18(12-16)14-23(28)25-20(21-15-32-24(26-21)22-6-3-11-33-22)13-17-7-9-19(10-8-17)27-34(29,30)31/h2-12,15,20,27H,13-14H2,1H3,(H,25,28)(H,29,30,31)/t20-/m0/s1. The fraction of sp³-hybridized carbons (Fsp3) is 0.167. The molecule has 0 unspecified atom stereocenters. The number of oxazole rings is 1. The van der Waals surface area contributed by atoms with Gasteiger partial charge in [-0.25, -0.2) is 4.98 Å². The number of aryl methyl sites for hydroxylation is 1. The third-order valence-electron chi connectivity index (χ3n) is 5.03. The van der Waals surface area contributed by atoms with Crippen molar-refractivity contribution in [1.29, 1.82) is 0 Å². The van der Waals surface area contributed by atoms with Gasteiger partial charge in [-0.2, -0.15) is 8.42 Å². The smallest absolute Gasteiger partial charge is 0.357 e. The monoisotopic (exact) mass is 497 g/mol. The quantitative estimate of drug-likeness (QED) is 0.291. The van der Waals surface area contributed by atoms with E-state index >= 15 is 0 Å². The lowest BCUT2D eigenvalue weighted by molar-refractivity contribution is -0.121. The van der Waals surface area contributed by atoms with Crippen LogP contribution in [0.4, 0.5) is 5.69 Å². The molecule has 0 spiro atoms. The summed E-state index contributed by atoms with van der Waals surface area (Å²) in [6.45, 7) is 1.98. The van der Waals surface area contributed by atoms with E-state index in [0.717, 1.165) is 21.6 Å². The number of aromatic nitrogens is 1. The molecule has 0 saturated heterocycles. The van der Waals surface area contributed by atoms with Gasteiger partial charge in [0.2, 0.25) is 11.8 Å². The van der Waals surface area contributed by atoms with E-state index in [1.54, 1.807) is 18.4 Å². The highest BCUT2D eigenvalue weighted by molar-refractivity contribution is 7.87. The average Bonchev–Trinajstić information content (AvgIpc) is 3.46. The Morgan fingerprint density at radius 2 is 1.91 bits per heavy atom. The van der Waals surface area contributed by atoms with Crippen LogP contribution in [0.1, 0.15) is 28.4 Å². The lowest BCUT2D eigenvalue weighted by Gasteiger charge is -2.17. The molecule has 0 fully saturated rings. The van der Waals surface area contributed by atoms with Crippen LogP contribution in [0.3, 0.4) is 0 Å². The van der Waals surface area contributed by atoms with E-state index < -0.39 is 16.3 Å². The fourth-order valence-electron chi connectivity index (χ4n) is 3.54. The van der Waals surface area contributed by atoms with Gasteiger partial charge in [-0.1, -0.05) is 48.0 Å². The molecule has 0 radical (unpaired) electrons. The number of hydrogen-bond donors (Lipinski definition) is 3. The normalized spacial score (nSPS) is 12.3. The van der Waals surface area contributed by atoms with Crippen LogP contribution in [-0.4, -0.2) is 23.9 Å². The molecule has 2 aromatic heterocycles. The minimum atomic E-state index is -4.35. The van der Waals surface area contributed by atoms with E-state index in [-0.39, 0.29) is 18.0 Å². The summed E-state index contributed by atoms with van der Waals surface area (Å²) in [4.78, 5) is 18.4. The van der Waals surface area contributed by atoms with Crippen molar-refractivity contribution in [2.75, 3.05) is 4.72 Å². The molecule has 0 aliphatic carbocycles. The Morgan fingerprint density at radius 1 is 1.12 bits per heavy atom. The second kappa shape index (κ2) is 10.2. The number of nitrogens with zero attached hydrogens (tertiary/aromatic N) is 1. The summed E-state index contributed by atoms with van der Waals surface area (Å²) in [6.07, 6.45) is 2.17. The lowest BCUT2D eigenvalue weighted by Crippen LogP contribution is -2.31. The number of carbonyl (C=O) groups is 1. The number of anilines is 1. The van der Waals surface area contributed by atoms with Crippen LogP contribution in [0, 0.1) is 6.92 Å². The molecule has 4 rings (SSSR count). The topological polar surface area (TPSA) is 122 Å². The average molecular weight is 498 g/mol. The minimum absolute atomic E-state index is 0.152. The van der Waals surface area contributed by atoms with Crippen molar-refractivity contribution in [3.05, 3.63) is 94.7 Å². The maximum atomic E-state index is 12.9. The molecule has 0 bridgehead atoms. The minimum Gasteiger partial charge on any atom is -0.443 e. The Labute approximate surface area is 201 Å². The van der Waals surface area contributed by atoms with Crippen LogP contribution in [0.5, 0.6) is 0 Å². The third-order valence-corrected chi connectivity index (χ3v) is 6.39. The molecule has 3 N–H and O–H groups in total. The summed E-state index contributed by atoms with van der Waals surface area (Å²) in [6, 6.07) is 17.6. The largest absolute Gasteiger partial charge is 0.443 e. The molecule has 0 saturated carbocycles. The van der Waals surface area contributed by atoms with Crippen LogP contribution in [-0.2, 0) is 27.9 Å². The Hall–Kier alpha value is -3.47. The summed E-state index contributed by atoms with van der Waals surface area (Å²) in [5.41, 5.74) is 3.64. The summed E-state index contributed by atoms with van der Waals surface area (Å²) in [5.74, 6) is 0.330. The SMILES string of the molecule is Cc1cccc(CC(=O)N[C@@H](Cc2ccc(NS(=O)(=O)O)cc2)c2coc(-c3cccs3)n2)c1. The maximum Gasteiger partial charge on any atom is 0.357 e.